The zero-order valence-electron chi connectivity index (χ0n) is 7.81. The van der Waals surface area contributed by atoms with E-state index in [-0.39, 0.29) is 11.7 Å². The second kappa shape index (κ2) is 3.34. The average Bonchev–Trinajstić information content (AvgIpc) is 2.52. The molecule has 3 heteroatoms. The maximum atomic E-state index is 11.5. The summed E-state index contributed by atoms with van der Waals surface area (Å²) >= 11 is 0. The zero-order valence-corrected chi connectivity index (χ0v) is 7.81. The lowest BCUT2D eigenvalue weighted by molar-refractivity contribution is 0.233. The van der Waals surface area contributed by atoms with Crippen LogP contribution in [0.1, 0.15) is 19.0 Å². The normalized spacial score (nSPS) is 23.6. The van der Waals surface area contributed by atoms with Crippen molar-refractivity contribution in [3.8, 4) is 0 Å². The third-order valence-corrected chi connectivity index (χ3v) is 2.65. The van der Waals surface area contributed by atoms with Gasteiger partial charge in [0.05, 0.1) is 6.17 Å². The van der Waals surface area contributed by atoms with E-state index in [1.807, 2.05) is 16.8 Å². The Morgan fingerprint density at radius 3 is 2.92 bits per heavy atom. The molecule has 0 bridgehead atoms. The molecule has 0 radical (unpaired) electrons. The van der Waals surface area contributed by atoms with E-state index >= 15 is 0 Å². The van der Waals surface area contributed by atoms with Gasteiger partial charge in [-0.25, -0.2) is 0 Å². The smallest absolute Gasteiger partial charge is 0.251 e. The average molecular weight is 178 g/mol. The third kappa shape index (κ3) is 1.52. The van der Waals surface area contributed by atoms with E-state index in [4.69, 9.17) is 0 Å². The summed E-state index contributed by atoms with van der Waals surface area (Å²) in [6.07, 6.45) is 4.41. The van der Waals surface area contributed by atoms with Crippen molar-refractivity contribution in [2.45, 2.75) is 19.0 Å². The van der Waals surface area contributed by atoms with Gasteiger partial charge < -0.3 is 0 Å². The van der Waals surface area contributed by atoms with Crippen molar-refractivity contribution >= 4 is 0 Å². The fourth-order valence-corrected chi connectivity index (χ4v) is 1.93. The molecule has 0 unspecified atom stereocenters. The summed E-state index contributed by atoms with van der Waals surface area (Å²) in [6, 6.07) is 5.31. The van der Waals surface area contributed by atoms with Crippen molar-refractivity contribution in [1.29, 1.82) is 0 Å². The molecule has 2 heterocycles. The summed E-state index contributed by atoms with van der Waals surface area (Å²) in [5.41, 5.74) is 0.0984. The molecule has 1 saturated heterocycles. The first-order chi connectivity index (χ1) is 6.29. The van der Waals surface area contributed by atoms with Gasteiger partial charge in [0.15, 0.2) is 0 Å². The lowest BCUT2D eigenvalue weighted by Crippen LogP contribution is -2.30. The van der Waals surface area contributed by atoms with Crippen LogP contribution in [0.3, 0.4) is 0 Å². The molecule has 1 aromatic rings. The molecule has 0 saturated carbocycles. The molecule has 1 atom stereocenters. The lowest BCUT2D eigenvalue weighted by Gasteiger charge is -2.21. The molecule has 2 rings (SSSR count). The number of likely N-dealkylation sites (tertiary alicyclic amines) is 1. The van der Waals surface area contributed by atoms with Gasteiger partial charge in [0.1, 0.15) is 0 Å². The minimum Gasteiger partial charge on any atom is -0.299 e. The molecule has 0 aromatic carbocycles. The van der Waals surface area contributed by atoms with Crippen LogP contribution in [0.25, 0.3) is 0 Å². The van der Waals surface area contributed by atoms with Crippen LogP contribution in [0.2, 0.25) is 0 Å². The summed E-state index contributed by atoms with van der Waals surface area (Å²) < 4.78 is 1.81. The molecule has 0 N–H and O–H groups in total. The second-order valence-electron chi connectivity index (χ2n) is 3.55. The van der Waals surface area contributed by atoms with Crippen molar-refractivity contribution in [3.05, 3.63) is 34.7 Å². The Morgan fingerprint density at radius 1 is 1.46 bits per heavy atom. The Kier molecular flexibility index (Phi) is 2.19. The van der Waals surface area contributed by atoms with Crippen LogP contribution in [-0.4, -0.2) is 23.1 Å². The van der Waals surface area contributed by atoms with Crippen LogP contribution >= 0.6 is 0 Å². The number of hydrogen-bond donors (Lipinski definition) is 0. The van der Waals surface area contributed by atoms with Gasteiger partial charge >= 0.3 is 0 Å². The van der Waals surface area contributed by atoms with Gasteiger partial charge in [-0.2, -0.15) is 0 Å². The predicted octanol–water partition coefficient (Wildman–Crippen LogP) is 1.07. The highest BCUT2D eigenvalue weighted by Gasteiger charge is 2.22. The number of nitrogens with zero attached hydrogens (tertiary/aromatic N) is 2. The van der Waals surface area contributed by atoms with E-state index in [2.05, 4.69) is 11.9 Å². The van der Waals surface area contributed by atoms with E-state index in [0.717, 1.165) is 13.0 Å². The van der Waals surface area contributed by atoms with Crippen LogP contribution in [0.15, 0.2) is 29.2 Å². The number of rotatable bonds is 1. The van der Waals surface area contributed by atoms with E-state index < -0.39 is 0 Å². The summed E-state index contributed by atoms with van der Waals surface area (Å²) in [5, 5.41) is 0. The van der Waals surface area contributed by atoms with Crippen molar-refractivity contribution in [2.75, 3.05) is 13.6 Å². The SMILES string of the molecule is CN1CCC[C@H]1n1ccccc1=O. The van der Waals surface area contributed by atoms with E-state index in [0.29, 0.717) is 0 Å². The highest BCUT2D eigenvalue weighted by Crippen LogP contribution is 2.22. The minimum atomic E-state index is 0.0984. The monoisotopic (exact) mass is 178 g/mol. The van der Waals surface area contributed by atoms with Crippen molar-refractivity contribution in [1.82, 2.24) is 9.47 Å². The minimum absolute atomic E-state index is 0.0984. The van der Waals surface area contributed by atoms with Gasteiger partial charge in [0.25, 0.3) is 5.56 Å². The molecule has 1 fully saturated rings. The van der Waals surface area contributed by atoms with E-state index in [1.165, 1.54) is 6.42 Å². The maximum Gasteiger partial charge on any atom is 0.251 e. The summed E-state index contributed by atoms with van der Waals surface area (Å²) in [6.45, 7) is 1.09. The molecule has 0 amide bonds. The molecule has 1 aromatic heterocycles. The summed E-state index contributed by atoms with van der Waals surface area (Å²) in [4.78, 5) is 13.7. The molecule has 1 aliphatic rings. The first-order valence-electron chi connectivity index (χ1n) is 4.66. The highest BCUT2D eigenvalue weighted by molar-refractivity contribution is 4.95. The zero-order chi connectivity index (χ0) is 9.26. The molecule has 0 spiro atoms. The van der Waals surface area contributed by atoms with Crippen molar-refractivity contribution < 1.29 is 0 Å². The molecular weight excluding hydrogens is 164 g/mol. The van der Waals surface area contributed by atoms with Crippen LogP contribution in [-0.2, 0) is 0 Å². The Labute approximate surface area is 77.6 Å². The van der Waals surface area contributed by atoms with Crippen LogP contribution in [0, 0.1) is 0 Å². The Morgan fingerprint density at radius 2 is 2.31 bits per heavy atom. The van der Waals surface area contributed by atoms with E-state index in [9.17, 15) is 4.79 Å². The maximum absolute atomic E-state index is 11.5. The van der Waals surface area contributed by atoms with Gasteiger partial charge in [0.2, 0.25) is 0 Å². The first-order valence-corrected chi connectivity index (χ1v) is 4.66. The number of aromatic nitrogens is 1. The summed E-state index contributed by atoms with van der Waals surface area (Å²) in [7, 11) is 2.07. The standard InChI is InChI=1S/C10H14N2O/c1-11-7-4-5-9(11)12-8-3-2-6-10(12)13/h2-3,6,8-9H,4-5,7H2,1H3/t9-/m1/s1. The summed E-state index contributed by atoms with van der Waals surface area (Å²) in [5.74, 6) is 0. The largest absolute Gasteiger partial charge is 0.299 e. The van der Waals surface area contributed by atoms with Crippen LogP contribution in [0.5, 0.6) is 0 Å². The van der Waals surface area contributed by atoms with Crippen molar-refractivity contribution in [3.63, 3.8) is 0 Å². The lowest BCUT2D eigenvalue weighted by atomic mass is 10.3. The van der Waals surface area contributed by atoms with E-state index in [1.54, 1.807) is 12.1 Å². The fraction of sp³-hybridized carbons (Fsp3) is 0.500. The quantitative estimate of drug-likeness (QED) is 0.642. The van der Waals surface area contributed by atoms with Gasteiger partial charge in [-0.15, -0.1) is 0 Å². The van der Waals surface area contributed by atoms with Crippen molar-refractivity contribution in [2.24, 2.45) is 0 Å². The van der Waals surface area contributed by atoms with Crippen LogP contribution in [0.4, 0.5) is 0 Å². The van der Waals surface area contributed by atoms with Gasteiger partial charge in [-0.1, -0.05) is 6.07 Å². The topological polar surface area (TPSA) is 25.2 Å². The molecule has 3 nitrogen and oxygen atoms in total. The van der Waals surface area contributed by atoms with Gasteiger partial charge in [-0.3, -0.25) is 14.3 Å². The Bertz CT molecular complexity index is 345. The molecular formula is C10H14N2O. The van der Waals surface area contributed by atoms with Gasteiger partial charge in [0, 0.05) is 12.3 Å². The number of hydrogen-bond acceptors (Lipinski definition) is 2. The Hall–Kier alpha value is -1.09. The van der Waals surface area contributed by atoms with Crippen LogP contribution < -0.4 is 5.56 Å². The first kappa shape index (κ1) is 8.51. The third-order valence-electron chi connectivity index (χ3n) is 2.65. The van der Waals surface area contributed by atoms with Gasteiger partial charge in [-0.05, 0) is 32.5 Å². The predicted molar refractivity (Wildman–Crippen MR) is 51.6 cm³/mol. The highest BCUT2D eigenvalue weighted by atomic mass is 16.1. The second-order valence-corrected chi connectivity index (χ2v) is 3.55. The molecule has 1 aliphatic heterocycles. The number of pyridine rings is 1. The molecule has 70 valence electrons. The fourth-order valence-electron chi connectivity index (χ4n) is 1.93. The molecule has 13 heavy (non-hydrogen) atoms. The molecule has 0 aliphatic carbocycles. The Balaban J connectivity index is 2.35.